The van der Waals surface area contributed by atoms with Crippen molar-refractivity contribution in [3.05, 3.63) is 51.4 Å². The molecule has 0 aliphatic carbocycles. The minimum Gasteiger partial charge on any atom is -0.496 e. The average Bonchev–Trinajstić information content (AvgIpc) is 2.38. The Morgan fingerprint density at radius 3 is 2.42 bits per heavy atom. The summed E-state index contributed by atoms with van der Waals surface area (Å²) in [6, 6.07) is 7.53. The topological polar surface area (TPSA) is 65.9 Å². The maximum Gasteiger partial charge on any atom is 0.266 e. The summed E-state index contributed by atoms with van der Waals surface area (Å²) >= 11 is 0. The minimum absolute atomic E-state index is 0.131. The summed E-state index contributed by atoms with van der Waals surface area (Å²) in [5, 5.41) is 9.11. The Morgan fingerprint density at radius 1 is 1.26 bits per heavy atom. The molecule has 1 aromatic carbocycles. The second-order valence-electron chi connectivity index (χ2n) is 4.35. The maximum atomic E-state index is 11.6. The monoisotopic (exact) mass is 254 g/mol. The van der Waals surface area contributed by atoms with Crippen molar-refractivity contribution in [2.75, 3.05) is 7.11 Å². The molecule has 0 radical (unpaired) electrons. The molecule has 0 aliphatic rings. The van der Waals surface area contributed by atoms with E-state index in [4.69, 9.17) is 10.00 Å². The highest BCUT2D eigenvalue weighted by Crippen LogP contribution is 2.30. The van der Waals surface area contributed by atoms with Gasteiger partial charge in [-0.3, -0.25) is 4.79 Å². The highest BCUT2D eigenvalue weighted by atomic mass is 16.5. The Kier molecular flexibility index (Phi) is 3.39. The number of nitrogens with zero attached hydrogens (tertiary/aromatic N) is 1. The van der Waals surface area contributed by atoms with Gasteiger partial charge in [-0.15, -0.1) is 0 Å². The van der Waals surface area contributed by atoms with Crippen LogP contribution in [-0.2, 0) is 0 Å². The number of nitrogens with one attached hydrogen (secondary N) is 1. The molecule has 2 aromatic rings. The Bertz CT molecular complexity index is 701. The molecule has 4 nitrogen and oxygen atoms in total. The fraction of sp³-hybridized carbons (Fsp3) is 0.200. The Labute approximate surface area is 111 Å². The molecular weight excluding hydrogens is 240 g/mol. The highest BCUT2D eigenvalue weighted by Gasteiger charge is 2.11. The number of benzene rings is 1. The van der Waals surface area contributed by atoms with Crippen molar-refractivity contribution in [2.24, 2.45) is 0 Å². The molecule has 0 saturated heterocycles. The molecule has 2 rings (SSSR count). The first kappa shape index (κ1) is 12.9. The number of ether oxygens (including phenoxy) is 1. The average molecular weight is 254 g/mol. The summed E-state index contributed by atoms with van der Waals surface area (Å²) in [7, 11) is 1.63. The van der Waals surface area contributed by atoms with Gasteiger partial charge < -0.3 is 9.72 Å². The number of methoxy groups -OCH3 is 1. The van der Waals surface area contributed by atoms with Crippen LogP contribution < -0.4 is 10.3 Å². The first-order chi connectivity index (χ1) is 9.08. The molecule has 0 bridgehead atoms. The van der Waals surface area contributed by atoms with E-state index in [2.05, 4.69) is 4.98 Å². The molecule has 0 aliphatic heterocycles. The van der Waals surface area contributed by atoms with E-state index in [1.807, 2.05) is 32.0 Å². The van der Waals surface area contributed by atoms with Gasteiger partial charge in [-0.2, -0.15) is 5.26 Å². The number of pyridine rings is 1. The third-order valence-corrected chi connectivity index (χ3v) is 3.05. The van der Waals surface area contributed by atoms with Crippen molar-refractivity contribution < 1.29 is 4.74 Å². The number of hydrogen-bond acceptors (Lipinski definition) is 3. The van der Waals surface area contributed by atoms with Crippen LogP contribution in [0.5, 0.6) is 5.75 Å². The molecular formula is C15H14N2O2. The van der Waals surface area contributed by atoms with Gasteiger partial charge in [0, 0.05) is 11.8 Å². The van der Waals surface area contributed by atoms with Gasteiger partial charge in [-0.1, -0.05) is 0 Å². The second-order valence-corrected chi connectivity index (χ2v) is 4.35. The van der Waals surface area contributed by atoms with E-state index >= 15 is 0 Å². The third-order valence-electron chi connectivity index (χ3n) is 3.05. The molecule has 0 amide bonds. The van der Waals surface area contributed by atoms with Gasteiger partial charge in [0.15, 0.2) is 0 Å². The molecule has 1 N–H and O–H groups in total. The van der Waals surface area contributed by atoms with E-state index in [9.17, 15) is 4.79 Å². The lowest BCUT2D eigenvalue weighted by Gasteiger charge is -2.12. The number of aryl methyl sites for hydroxylation is 2. The van der Waals surface area contributed by atoms with Crippen molar-refractivity contribution in [1.82, 2.24) is 4.98 Å². The van der Waals surface area contributed by atoms with Crippen LogP contribution in [0, 0.1) is 25.2 Å². The number of rotatable bonds is 2. The lowest BCUT2D eigenvalue weighted by Crippen LogP contribution is -2.10. The van der Waals surface area contributed by atoms with Gasteiger partial charge >= 0.3 is 0 Å². The summed E-state index contributed by atoms with van der Waals surface area (Å²) in [5.74, 6) is 0.826. The Balaban J connectivity index is 2.71. The van der Waals surface area contributed by atoms with Gasteiger partial charge in [0.05, 0.1) is 7.11 Å². The highest BCUT2D eigenvalue weighted by molar-refractivity contribution is 5.72. The Hall–Kier alpha value is -2.54. The van der Waals surface area contributed by atoms with Crippen molar-refractivity contribution in [2.45, 2.75) is 13.8 Å². The Morgan fingerprint density at radius 2 is 1.89 bits per heavy atom. The van der Waals surface area contributed by atoms with Crippen LogP contribution in [0.4, 0.5) is 0 Å². The van der Waals surface area contributed by atoms with Crippen LogP contribution in [0.15, 0.2) is 29.2 Å². The number of aromatic amines is 1. The van der Waals surface area contributed by atoms with Crippen molar-refractivity contribution in [1.29, 1.82) is 5.26 Å². The third kappa shape index (κ3) is 2.23. The predicted molar refractivity (Wildman–Crippen MR) is 73.2 cm³/mol. The van der Waals surface area contributed by atoms with Crippen molar-refractivity contribution in [3.63, 3.8) is 0 Å². The van der Waals surface area contributed by atoms with Gasteiger partial charge in [0.1, 0.15) is 17.4 Å². The molecule has 0 unspecified atom stereocenters. The zero-order chi connectivity index (χ0) is 14.0. The van der Waals surface area contributed by atoms with Crippen LogP contribution in [0.2, 0.25) is 0 Å². The predicted octanol–water partition coefficient (Wildman–Crippen LogP) is 2.54. The van der Waals surface area contributed by atoms with Gasteiger partial charge in [-0.05, 0) is 48.7 Å². The molecule has 0 atom stereocenters. The fourth-order valence-electron chi connectivity index (χ4n) is 2.26. The van der Waals surface area contributed by atoms with Gasteiger partial charge in [0.25, 0.3) is 5.56 Å². The van der Waals surface area contributed by atoms with Crippen LogP contribution in [-0.4, -0.2) is 12.1 Å². The smallest absolute Gasteiger partial charge is 0.266 e. The number of nitriles is 1. The molecule has 96 valence electrons. The van der Waals surface area contributed by atoms with Crippen LogP contribution in [0.1, 0.15) is 16.7 Å². The van der Waals surface area contributed by atoms with Crippen LogP contribution in [0.3, 0.4) is 0 Å². The molecule has 0 saturated carbocycles. The SMILES string of the molecule is COc1c(C)cc(-c2cc[nH]c(=O)c2C#N)cc1C. The molecule has 1 heterocycles. The van der Waals surface area contributed by atoms with E-state index in [1.165, 1.54) is 0 Å². The van der Waals surface area contributed by atoms with Crippen LogP contribution >= 0.6 is 0 Å². The summed E-state index contributed by atoms with van der Waals surface area (Å²) in [5.41, 5.74) is 3.19. The van der Waals surface area contributed by atoms with Gasteiger partial charge in [0.2, 0.25) is 0 Å². The lowest BCUT2D eigenvalue weighted by molar-refractivity contribution is 0.408. The van der Waals surface area contributed by atoms with Crippen molar-refractivity contribution >= 4 is 0 Å². The molecule has 1 aromatic heterocycles. The van der Waals surface area contributed by atoms with E-state index in [0.717, 1.165) is 22.4 Å². The first-order valence-electron chi connectivity index (χ1n) is 5.86. The largest absolute Gasteiger partial charge is 0.496 e. The van der Waals surface area contributed by atoms with E-state index in [0.29, 0.717) is 5.56 Å². The van der Waals surface area contributed by atoms with E-state index in [1.54, 1.807) is 19.4 Å². The molecule has 0 spiro atoms. The minimum atomic E-state index is -0.369. The summed E-state index contributed by atoms with van der Waals surface area (Å²) in [6.07, 6.45) is 1.55. The number of hydrogen-bond donors (Lipinski definition) is 1. The fourth-order valence-corrected chi connectivity index (χ4v) is 2.26. The standard InChI is InChI=1S/C15H14N2O2/c1-9-6-11(7-10(2)14(9)19-3)12-4-5-17-15(18)13(12)8-16/h4-7H,1-3H3,(H,17,18). The first-order valence-corrected chi connectivity index (χ1v) is 5.86. The number of aromatic nitrogens is 1. The second kappa shape index (κ2) is 4.99. The van der Waals surface area contributed by atoms with Crippen LogP contribution in [0.25, 0.3) is 11.1 Å². The zero-order valence-corrected chi connectivity index (χ0v) is 11.1. The quantitative estimate of drug-likeness (QED) is 0.895. The normalized spacial score (nSPS) is 10.0. The van der Waals surface area contributed by atoms with E-state index < -0.39 is 0 Å². The van der Waals surface area contributed by atoms with Gasteiger partial charge in [-0.25, -0.2) is 0 Å². The van der Waals surface area contributed by atoms with Crippen molar-refractivity contribution in [3.8, 4) is 22.9 Å². The lowest BCUT2D eigenvalue weighted by atomic mass is 9.97. The summed E-state index contributed by atoms with van der Waals surface area (Å²) < 4.78 is 5.31. The number of H-pyrrole nitrogens is 1. The molecule has 4 heteroatoms. The summed E-state index contributed by atoms with van der Waals surface area (Å²) in [6.45, 7) is 3.88. The summed E-state index contributed by atoms with van der Waals surface area (Å²) in [4.78, 5) is 14.1. The molecule has 19 heavy (non-hydrogen) atoms. The molecule has 0 fully saturated rings. The van der Waals surface area contributed by atoms with E-state index in [-0.39, 0.29) is 11.1 Å². The maximum absolute atomic E-state index is 11.6. The zero-order valence-electron chi connectivity index (χ0n) is 11.1.